The monoisotopic (exact) mass is 284 g/mol. The van der Waals surface area contributed by atoms with Crippen LogP contribution in [0.1, 0.15) is 0 Å². The number of aliphatic hydroxyl groups excluding tert-OH is 1. The van der Waals surface area contributed by atoms with Crippen molar-refractivity contribution in [3.05, 3.63) is 42.5 Å². The normalized spacial score (nSPS) is 30.0. The molecule has 1 N–H and O–H groups in total. The molecule has 1 aromatic carbocycles. The standard InChI is InChI=1S/C16H16N2O3/c17-8-13-11-6-7-15(14(13)10-19)18(9-11)16(20)21-12-4-2-1-3-5-12/h1-7,11,13-15,19H,9-10H2. The van der Waals surface area contributed by atoms with Crippen LogP contribution in [0.3, 0.4) is 0 Å². The largest absolute Gasteiger partial charge is 0.415 e. The van der Waals surface area contributed by atoms with E-state index in [9.17, 15) is 15.2 Å². The van der Waals surface area contributed by atoms with Crippen LogP contribution in [0.15, 0.2) is 42.5 Å². The summed E-state index contributed by atoms with van der Waals surface area (Å²) in [5.41, 5.74) is 0. The highest BCUT2D eigenvalue weighted by Crippen LogP contribution is 2.39. The van der Waals surface area contributed by atoms with Crippen LogP contribution in [0.4, 0.5) is 4.79 Å². The van der Waals surface area contributed by atoms with Gasteiger partial charge in [-0.3, -0.25) is 0 Å². The summed E-state index contributed by atoms with van der Waals surface area (Å²) in [7, 11) is 0. The highest BCUT2D eigenvalue weighted by atomic mass is 16.6. The Kier molecular flexibility index (Phi) is 3.63. The van der Waals surface area contributed by atoms with Gasteiger partial charge in [-0.15, -0.1) is 0 Å². The molecule has 21 heavy (non-hydrogen) atoms. The molecule has 2 aliphatic heterocycles. The van der Waals surface area contributed by atoms with Gasteiger partial charge in [0, 0.05) is 25.0 Å². The third-order valence-electron chi connectivity index (χ3n) is 4.23. The molecular formula is C16H16N2O3. The predicted molar refractivity (Wildman–Crippen MR) is 75.3 cm³/mol. The van der Waals surface area contributed by atoms with E-state index < -0.39 is 6.09 Å². The molecule has 0 radical (unpaired) electrons. The van der Waals surface area contributed by atoms with Gasteiger partial charge in [-0.25, -0.2) is 4.79 Å². The molecule has 108 valence electrons. The fraction of sp³-hybridized carbons (Fsp3) is 0.375. The number of fused-ring (bicyclic) bond motifs is 2. The van der Waals surface area contributed by atoms with Gasteiger partial charge in [-0.1, -0.05) is 30.4 Å². The lowest BCUT2D eigenvalue weighted by Gasteiger charge is -2.47. The second kappa shape index (κ2) is 5.58. The van der Waals surface area contributed by atoms with Crippen molar-refractivity contribution in [1.82, 2.24) is 4.90 Å². The van der Waals surface area contributed by atoms with Gasteiger partial charge >= 0.3 is 6.09 Å². The number of para-hydroxylation sites is 1. The molecule has 5 nitrogen and oxygen atoms in total. The van der Waals surface area contributed by atoms with E-state index in [-0.39, 0.29) is 30.4 Å². The van der Waals surface area contributed by atoms with E-state index in [4.69, 9.17) is 4.74 Å². The molecule has 4 atom stereocenters. The van der Waals surface area contributed by atoms with Crippen molar-refractivity contribution in [2.24, 2.45) is 17.8 Å². The van der Waals surface area contributed by atoms with Crippen LogP contribution in [0.25, 0.3) is 0 Å². The van der Waals surface area contributed by atoms with Crippen LogP contribution >= 0.6 is 0 Å². The second-order valence-corrected chi connectivity index (χ2v) is 5.37. The Balaban J connectivity index is 1.77. The third-order valence-corrected chi connectivity index (χ3v) is 4.23. The van der Waals surface area contributed by atoms with Crippen molar-refractivity contribution < 1.29 is 14.6 Å². The fourth-order valence-corrected chi connectivity index (χ4v) is 3.16. The van der Waals surface area contributed by atoms with Gasteiger partial charge in [-0.05, 0) is 12.1 Å². The minimum Gasteiger partial charge on any atom is -0.410 e. The summed E-state index contributed by atoms with van der Waals surface area (Å²) in [6.07, 6.45) is 3.43. The van der Waals surface area contributed by atoms with Gasteiger partial charge < -0.3 is 14.7 Å². The molecule has 1 aromatic rings. The van der Waals surface area contributed by atoms with Crippen LogP contribution in [0.5, 0.6) is 5.75 Å². The lowest BCUT2D eigenvalue weighted by Crippen LogP contribution is -2.58. The average Bonchev–Trinajstić information content (AvgIpc) is 2.55. The number of carbonyl (C=O) groups excluding carboxylic acids is 1. The van der Waals surface area contributed by atoms with Crippen molar-refractivity contribution in [2.45, 2.75) is 6.04 Å². The number of aliphatic hydroxyl groups is 1. The van der Waals surface area contributed by atoms with Crippen molar-refractivity contribution in [2.75, 3.05) is 13.2 Å². The molecule has 1 aliphatic carbocycles. The lowest BCUT2D eigenvalue weighted by atomic mass is 9.70. The van der Waals surface area contributed by atoms with E-state index in [1.807, 2.05) is 18.2 Å². The Morgan fingerprint density at radius 2 is 2.14 bits per heavy atom. The summed E-state index contributed by atoms with van der Waals surface area (Å²) in [4.78, 5) is 13.9. The summed E-state index contributed by atoms with van der Waals surface area (Å²) in [6.45, 7) is 0.348. The molecule has 3 aliphatic rings. The molecule has 4 rings (SSSR count). The Bertz CT molecular complexity index is 593. The quantitative estimate of drug-likeness (QED) is 0.840. The van der Waals surface area contributed by atoms with Crippen molar-refractivity contribution >= 4 is 6.09 Å². The predicted octanol–water partition coefficient (Wildman–Crippen LogP) is 1.80. The molecular weight excluding hydrogens is 268 g/mol. The van der Waals surface area contributed by atoms with E-state index in [2.05, 4.69) is 6.07 Å². The average molecular weight is 284 g/mol. The van der Waals surface area contributed by atoms with E-state index in [0.717, 1.165) is 0 Å². The second-order valence-electron chi connectivity index (χ2n) is 5.37. The summed E-state index contributed by atoms with van der Waals surface area (Å²) >= 11 is 0. The van der Waals surface area contributed by atoms with Gasteiger partial charge in [0.05, 0.1) is 18.0 Å². The number of nitriles is 1. The Morgan fingerprint density at radius 1 is 1.38 bits per heavy atom. The molecule has 1 fully saturated rings. The maximum absolute atomic E-state index is 12.3. The number of piperidine rings is 1. The number of rotatable bonds is 2. The van der Waals surface area contributed by atoms with E-state index in [1.165, 1.54) is 0 Å². The van der Waals surface area contributed by atoms with Gasteiger partial charge in [0.1, 0.15) is 5.75 Å². The molecule has 5 heteroatoms. The summed E-state index contributed by atoms with van der Waals surface area (Å²) in [6, 6.07) is 10.9. The number of hydrogen-bond donors (Lipinski definition) is 1. The topological polar surface area (TPSA) is 73.6 Å². The van der Waals surface area contributed by atoms with Gasteiger partial charge in [0.2, 0.25) is 0 Å². The van der Waals surface area contributed by atoms with Crippen LogP contribution in [0, 0.1) is 29.1 Å². The smallest absolute Gasteiger partial charge is 0.410 e. The molecule has 0 aromatic heterocycles. The molecule has 0 spiro atoms. The zero-order valence-corrected chi connectivity index (χ0v) is 11.4. The number of hydrogen-bond acceptors (Lipinski definition) is 4. The number of benzene rings is 1. The SMILES string of the molecule is N#CC1C2C=CC(C1CO)N(C(=O)Oc1ccccc1)C2. The molecule has 0 saturated carbocycles. The zero-order valence-electron chi connectivity index (χ0n) is 11.4. The van der Waals surface area contributed by atoms with E-state index in [0.29, 0.717) is 12.3 Å². The first-order chi connectivity index (χ1) is 10.2. The lowest BCUT2D eigenvalue weighted by molar-refractivity contribution is 0.0285. The van der Waals surface area contributed by atoms with Gasteiger partial charge in [-0.2, -0.15) is 5.26 Å². The van der Waals surface area contributed by atoms with Crippen molar-refractivity contribution in [3.63, 3.8) is 0 Å². The summed E-state index contributed by atoms with van der Waals surface area (Å²) in [5, 5.41) is 18.8. The number of nitrogens with zero attached hydrogens (tertiary/aromatic N) is 2. The Morgan fingerprint density at radius 3 is 2.81 bits per heavy atom. The first-order valence-corrected chi connectivity index (χ1v) is 6.97. The first-order valence-electron chi connectivity index (χ1n) is 6.97. The van der Waals surface area contributed by atoms with Crippen LogP contribution < -0.4 is 4.74 Å². The Hall–Kier alpha value is -2.32. The Labute approximate surface area is 123 Å². The number of ether oxygens (including phenoxy) is 1. The van der Waals surface area contributed by atoms with Crippen LogP contribution in [-0.4, -0.2) is 35.3 Å². The van der Waals surface area contributed by atoms with Gasteiger partial charge in [0.15, 0.2) is 0 Å². The number of amides is 1. The van der Waals surface area contributed by atoms with Gasteiger partial charge in [0.25, 0.3) is 0 Å². The minimum absolute atomic E-state index is 0.0412. The van der Waals surface area contributed by atoms with E-state index in [1.54, 1.807) is 29.2 Å². The van der Waals surface area contributed by atoms with E-state index >= 15 is 0 Å². The van der Waals surface area contributed by atoms with Crippen molar-refractivity contribution in [3.8, 4) is 11.8 Å². The maximum Gasteiger partial charge on any atom is 0.415 e. The molecule has 4 unspecified atom stereocenters. The third kappa shape index (κ3) is 2.39. The summed E-state index contributed by atoms with van der Waals surface area (Å²) < 4.78 is 5.36. The zero-order chi connectivity index (χ0) is 14.8. The molecule has 2 bridgehead atoms. The highest BCUT2D eigenvalue weighted by Gasteiger charge is 2.47. The molecule has 1 amide bonds. The summed E-state index contributed by atoms with van der Waals surface area (Å²) in [5.74, 6) is -0.0429. The fourth-order valence-electron chi connectivity index (χ4n) is 3.16. The maximum atomic E-state index is 12.3. The molecule has 1 saturated heterocycles. The molecule has 2 heterocycles. The van der Waals surface area contributed by atoms with Crippen molar-refractivity contribution in [1.29, 1.82) is 5.26 Å². The highest BCUT2D eigenvalue weighted by molar-refractivity contribution is 5.72. The van der Waals surface area contributed by atoms with Crippen LogP contribution in [0.2, 0.25) is 0 Å². The number of carbonyl (C=O) groups is 1. The first kappa shape index (κ1) is 13.7. The van der Waals surface area contributed by atoms with Crippen LogP contribution in [-0.2, 0) is 0 Å². The minimum atomic E-state index is -0.435.